The molecule has 8 nitrogen and oxygen atoms in total. The summed E-state index contributed by atoms with van der Waals surface area (Å²) < 4.78 is 36.4. The maximum Gasteiger partial charge on any atom is 0.232 e. The molecule has 1 saturated heterocycles. The zero-order valence-electron chi connectivity index (χ0n) is 14.9. The van der Waals surface area contributed by atoms with Crippen molar-refractivity contribution in [3.05, 3.63) is 18.2 Å². The van der Waals surface area contributed by atoms with Gasteiger partial charge in [-0.3, -0.25) is 9.52 Å². The molecular formula is C16H26ClN3O5S. The topological polar surface area (TPSA) is 120 Å². The van der Waals surface area contributed by atoms with E-state index in [2.05, 4.69) is 10.0 Å². The van der Waals surface area contributed by atoms with E-state index >= 15 is 0 Å². The lowest BCUT2D eigenvalue weighted by molar-refractivity contribution is -0.130. The van der Waals surface area contributed by atoms with Gasteiger partial charge in [0.05, 0.1) is 24.0 Å². The van der Waals surface area contributed by atoms with Gasteiger partial charge < -0.3 is 20.5 Å². The third-order valence-corrected chi connectivity index (χ3v) is 5.72. The van der Waals surface area contributed by atoms with Crippen LogP contribution in [0, 0.1) is 5.41 Å². The second-order valence-electron chi connectivity index (χ2n) is 5.97. The van der Waals surface area contributed by atoms with Crippen molar-refractivity contribution < 1.29 is 22.7 Å². The number of hydrogen-bond donors (Lipinski definition) is 3. The van der Waals surface area contributed by atoms with Gasteiger partial charge in [-0.15, -0.1) is 12.4 Å². The van der Waals surface area contributed by atoms with Gasteiger partial charge in [0.25, 0.3) is 0 Å². The number of halogens is 1. The van der Waals surface area contributed by atoms with Crippen molar-refractivity contribution in [1.29, 1.82) is 0 Å². The zero-order chi connectivity index (χ0) is 18.5. The van der Waals surface area contributed by atoms with Crippen LogP contribution in [-0.2, 0) is 19.6 Å². The Bertz CT molecular complexity index is 721. The highest BCUT2D eigenvalue weighted by molar-refractivity contribution is 7.92. The molecule has 1 fully saturated rings. The van der Waals surface area contributed by atoms with Crippen LogP contribution in [0.25, 0.3) is 0 Å². The largest absolute Gasteiger partial charge is 0.494 e. The van der Waals surface area contributed by atoms with Gasteiger partial charge in [0.1, 0.15) is 5.75 Å². The highest BCUT2D eigenvalue weighted by atomic mass is 35.5. The van der Waals surface area contributed by atoms with E-state index in [9.17, 15) is 13.2 Å². The van der Waals surface area contributed by atoms with Crippen molar-refractivity contribution in [3.63, 3.8) is 0 Å². The van der Waals surface area contributed by atoms with Crippen LogP contribution in [0.3, 0.4) is 0 Å². The number of hydrogen-bond acceptors (Lipinski definition) is 6. The lowest BCUT2D eigenvalue weighted by Crippen LogP contribution is -2.46. The minimum Gasteiger partial charge on any atom is -0.494 e. The first kappa shape index (κ1) is 22.5. The number of anilines is 2. The number of methoxy groups -OCH3 is 1. The molecule has 4 N–H and O–H groups in total. The van der Waals surface area contributed by atoms with Crippen LogP contribution in [0.1, 0.15) is 19.8 Å². The predicted octanol–water partition coefficient (Wildman–Crippen LogP) is 1.57. The molecule has 0 atom stereocenters. The smallest absolute Gasteiger partial charge is 0.232 e. The fourth-order valence-electron chi connectivity index (χ4n) is 2.64. The second-order valence-corrected chi connectivity index (χ2v) is 7.98. The summed E-state index contributed by atoms with van der Waals surface area (Å²) >= 11 is 0. The summed E-state index contributed by atoms with van der Waals surface area (Å²) in [6.07, 6.45) is 1.14. The molecule has 0 aromatic heterocycles. The first-order valence-electron chi connectivity index (χ1n) is 8.13. The second kappa shape index (κ2) is 9.40. The van der Waals surface area contributed by atoms with E-state index < -0.39 is 15.4 Å². The van der Waals surface area contributed by atoms with Crippen molar-refractivity contribution in [2.24, 2.45) is 11.1 Å². The third kappa shape index (κ3) is 5.23. The lowest BCUT2D eigenvalue weighted by Gasteiger charge is -2.34. The number of nitrogens with two attached hydrogens (primary N) is 1. The normalized spacial score (nSPS) is 16.3. The SMILES string of the molecule is CCS(=O)(=O)Nc1ccc(NC(=O)C2(CN)CCOCC2)cc1OC.Cl. The van der Waals surface area contributed by atoms with Crippen LogP contribution < -0.4 is 20.5 Å². The van der Waals surface area contributed by atoms with Gasteiger partial charge in [-0.1, -0.05) is 0 Å². The fraction of sp³-hybridized carbons (Fsp3) is 0.562. The van der Waals surface area contributed by atoms with Crippen LogP contribution in [0.4, 0.5) is 11.4 Å². The highest BCUT2D eigenvalue weighted by Gasteiger charge is 2.38. The Hall–Kier alpha value is -1.55. The number of nitrogens with one attached hydrogen (secondary N) is 2. The fourth-order valence-corrected chi connectivity index (χ4v) is 3.29. The van der Waals surface area contributed by atoms with E-state index in [0.717, 1.165) is 0 Å². The van der Waals surface area contributed by atoms with Crippen molar-refractivity contribution in [2.75, 3.05) is 42.7 Å². The molecule has 0 unspecified atom stereocenters. The molecule has 0 radical (unpaired) electrons. The number of benzene rings is 1. The molecule has 1 aromatic carbocycles. The summed E-state index contributed by atoms with van der Waals surface area (Å²) in [6.45, 7) is 2.80. The number of rotatable bonds is 7. The number of sulfonamides is 1. The molecule has 1 amide bonds. The van der Waals surface area contributed by atoms with Gasteiger partial charge in [0.15, 0.2) is 0 Å². The van der Waals surface area contributed by atoms with E-state index in [1.807, 2.05) is 0 Å². The number of ether oxygens (including phenoxy) is 2. The van der Waals surface area contributed by atoms with Crippen LogP contribution in [0.15, 0.2) is 18.2 Å². The van der Waals surface area contributed by atoms with Gasteiger partial charge in [0, 0.05) is 31.5 Å². The third-order valence-electron chi connectivity index (χ3n) is 4.43. The zero-order valence-corrected chi connectivity index (χ0v) is 16.5. The quantitative estimate of drug-likeness (QED) is 0.631. The van der Waals surface area contributed by atoms with E-state index in [-0.39, 0.29) is 30.6 Å². The molecule has 0 spiro atoms. The Labute approximate surface area is 160 Å². The summed E-state index contributed by atoms with van der Waals surface area (Å²) in [5.41, 5.74) is 6.03. The number of carbonyl (C=O) groups excluding carboxylic acids is 1. The number of carbonyl (C=O) groups is 1. The molecule has 0 saturated carbocycles. The van der Waals surface area contributed by atoms with Gasteiger partial charge >= 0.3 is 0 Å². The summed E-state index contributed by atoms with van der Waals surface area (Å²) in [4.78, 5) is 12.7. The predicted molar refractivity (Wildman–Crippen MR) is 103 cm³/mol. The Morgan fingerprint density at radius 2 is 2.00 bits per heavy atom. The molecule has 148 valence electrons. The molecule has 0 bridgehead atoms. The molecule has 1 heterocycles. The van der Waals surface area contributed by atoms with E-state index in [0.29, 0.717) is 43.2 Å². The molecule has 1 aliphatic rings. The minimum atomic E-state index is -3.42. The standard InChI is InChI=1S/C16H25N3O5S.ClH/c1-3-25(21,22)19-13-5-4-12(10-14(13)23-2)18-15(20)16(11-17)6-8-24-9-7-16;/h4-5,10,19H,3,6-9,11,17H2,1-2H3,(H,18,20);1H. The van der Waals surface area contributed by atoms with Gasteiger partial charge in [-0.05, 0) is 31.9 Å². The van der Waals surface area contributed by atoms with Gasteiger partial charge in [-0.2, -0.15) is 0 Å². The molecule has 1 aromatic rings. The average molecular weight is 408 g/mol. The molecule has 26 heavy (non-hydrogen) atoms. The Balaban J connectivity index is 0.00000338. The Morgan fingerprint density at radius 3 is 2.54 bits per heavy atom. The number of amides is 1. The Kier molecular flexibility index (Phi) is 8.14. The lowest BCUT2D eigenvalue weighted by atomic mass is 9.79. The van der Waals surface area contributed by atoms with Crippen LogP contribution in [0.5, 0.6) is 5.75 Å². The maximum atomic E-state index is 12.7. The first-order chi connectivity index (χ1) is 11.9. The van der Waals surface area contributed by atoms with E-state index in [1.54, 1.807) is 25.1 Å². The van der Waals surface area contributed by atoms with Crippen molar-refractivity contribution in [3.8, 4) is 5.75 Å². The summed E-state index contributed by atoms with van der Waals surface area (Å²) in [6, 6.07) is 4.76. The van der Waals surface area contributed by atoms with Crippen LogP contribution in [-0.4, -0.2) is 46.9 Å². The van der Waals surface area contributed by atoms with E-state index in [4.69, 9.17) is 15.2 Å². The van der Waals surface area contributed by atoms with Crippen molar-refractivity contribution in [2.45, 2.75) is 19.8 Å². The van der Waals surface area contributed by atoms with Crippen molar-refractivity contribution >= 4 is 39.7 Å². The van der Waals surface area contributed by atoms with E-state index in [1.165, 1.54) is 7.11 Å². The Morgan fingerprint density at radius 1 is 1.35 bits per heavy atom. The molecular weight excluding hydrogens is 382 g/mol. The molecule has 2 rings (SSSR count). The summed E-state index contributed by atoms with van der Waals surface area (Å²) in [7, 11) is -1.98. The maximum absolute atomic E-state index is 12.7. The molecule has 0 aliphatic carbocycles. The van der Waals surface area contributed by atoms with Crippen LogP contribution in [0.2, 0.25) is 0 Å². The molecule has 1 aliphatic heterocycles. The minimum absolute atomic E-state index is 0. The van der Waals surface area contributed by atoms with Gasteiger partial charge in [-0.25, -0.2) is 8.42 Å². The average Bonchev–Trinajstić information content (AvgIpc) is 2.63. The highest BCUT2D eigenvalue weighted by Crippen LogP contribution is 2.33. The first-order valence-corrected chi connectivity index (χ1v) is 9.79. The monoisotopic (exact) mass is 407 g/mol. The van der Waals surface area contributed by atoms with Gasteiger partial charge in [0.2, 0.25) is 15.9 Å². The summed E-state index contributed by atoms with van der Waals surface area (Å²) in [5, 5.41) is 2.85. The van der Waals surface area contributed by atoms with Crippen LogP contribution >= 0.6 is 12.4 Å². The van der Waals surface area contributed by atoms with Crippen molar-refractivity contribution in [1.82, 2.24) is 0 Å². The molecule has 10 heteroatoms. The summed E-state index contributed by atoms with van der Waals surface area (Å²) in [5.74, 6) is 0.112.